The fraction of sp³-hybridized carbons (Fsp3) is 0.500. The molecule has 0 saturated heterocycles. The summed E-state index contributed by atoms with van der Waals surface area (Å²) >= 11 is 0. The molecule has 2 nitrogen and oxygen atoms in total. The largest absolute Gasteiger partial charge is 0.383 e. The minimum absolute atomic E-state index is 0.159. The third kappa shape index (κ3) is 1.48. The van der Waals surface area contributed by atoms with E-state index < -0.39 is 5.41 Å². The topological polar surface area (TPSA) is 26.3 Å². The number of ether oxygens (including phenoxy) is 1. The van der Waals surface area contributed by atoms with Crippen LogP contribution in [0.3, 0.4) is 0 Å². The maximum Gasteiger partial charge on any atom is 0.170 e. The molecule has 1 aliphatic rings. The number of carbonyl (C=O) groups is 1. The molecule has 0 radical (unpaired) electrons. The molecule has 0 saturated carbocycles. The lowest BCUT2D eigenvalue weighted by molar-refractivity contribution is -0.124. The number of rotatable bonds is 2. The minimum Gasteiger partial charge on any atom is -0.383 e. The fourth-order valence-electron chi connectivity index (χ4n) is 1.42. The van der Waals surface area contributed by atoms with E-state index in [2.05, 4.69) is 0 Å². The van der Waals surface area contributed by atoms with Crippen LogP contribution < -0.4 is 0 Å². The highest BCUT2D eigenvalue weighted by molar-refractivity contribution is 6.01. The Morgan fingerprint density at radius 3 is 2.83 bits per heavy atom. The van der Waals surface area contributed by atoms with Gasteiger partial charge in [-0.15, -0.1) is 0 Å². The molecule has 1 aliphatic carbocycles. The molecule has 12 heavy (non-hydrogen) atoms. The summed E-state index contributed by atoms with van der Waals surface area (Å²) in [6, 6.07) is 0. The van der Waals surface area contributed by atoms with Crippen LogP contribution in [0.1, 0.15) is 13.8 Å². The Balaban J connectivity index is 2.88. The van der Waals surface area contributed by atoms with Crippen LogP contribution in [-0.4, -0.2) is 19.5 Å². The zero-order valence-electron chi connectivity index (χ0n) is 7.76. The Kier molecular flexibility index (Phi) is 2.48. The van der Waals surface area contributed by atoms with Gasteiger partial charge in [-0.3, -0.25) is 4.79 Å². The van der Waals surface area contributed by atoms with Gasteiger partial charge < -0.3 is 4.74 Å². The third-order valence-electron chi connectivity index (χ3n) is 2.13. The molecular formula is C10H14O2. The summed E-state index contributed by atoms with van der Waals surface area (Å²) < 4.78 is 5.00. The first-order valence-corrected chi connectivity index (χ1v) is 4.00. The smallest absolute Gasteiger partial charge is 0.170 e. The Morgan fingerprint density at radius 2 is 2.25 bits per heavy atom. The standard InChI is InChI=1S/C10H14O2/c1-8-5-4-6-10(2,7-12-3)9(8)11/h4-6H,7H2,1-3H3. The van der Waals surface area contributed by atoms with Crippen molar-refractivity contribution in [1.29, 1.82) is 0 Å². The van der Waals surface area contributed by atoms with Gasteiger partial charge in [-0.1, -0.05) is 18.2 Å². The first-order chi connectivity index (χ1) is 5.60. The van der Waals surface area contributed by atoms with Crippen LogP contribution in [0.25, 0.3) is 0 Å². The number of Topliss-reactive ketones (excluding diaryl/α,β-unsaturated/α-hetero) is 1. The van der Waals surface area contributed by atoms with Gasteiger partial charge in [0.1, 0.15) is 0 Å². The van der Waals surface area contributed by atoms with Crippen molar-refractivity contribution in [3.63, 3.8) is 0 Å². The van der Waals surface area contributed by atoms with Crippen molar-refractivity contribution in [3.05, 3.63) is 23.8 Å². The second-order valence-electron chi connectivity index (χ2n) is 3.39. The van der Waals surface area contributed by atoms with Crippen molar-refractivity contribution in [2.75, 3.05) is 13.7 Å². The molecule has 0 aromatic carbocycles. The van der Waals surface area contributed by atoms with Crippen LogP contribution in [0.15, 0.2) is 23.8 Å². The normalized spacial score (nSPS) is 28.9. The highest BCUT2D eigenvalue weighted by Gasteiger charge is 2.32. The van der Waals surface area contributed by atoms with Crippen molar-refractivity contribution in [1.82, 2.24) is 0 Å². The monoisotopic (exact) mass is 166 g/mol. The Labute approximate surface area is 72.9 Å². The number of allylic oxidation sites excluding steroid dienone is 3. The van der Waals surface area contributed by atoms with E-state index in [1.807, 2.05) is 32.1 Å². The van der Waals surface area contributed by atoms with Crippen LogP contribution in [0.4, 0.5) is 0 Å². The molecule has 0 fully saturated rings. The summed E-state index contributed by atoms with van der Waals surface area (Å²) in [5, 5.41) is 0. The molecule has 0 amide bonds. The van der Waals surface area contributed by atoms with E-state index in [0.29, 0.717) is 6.61 Å². The highest BCUT2D eigenvalue weighted by atomic mass is 16.5. The maximum atomic E-state index is 11.6. The average molecular weight is 166 g/mol. The lowest BCUT2D eigenvalue weighted by atomic mass is 9.80. The molecule has 1 rings (SSSR count). The van der Waals surface area contributed by atoms with Gasteiger partial charge in [-0.25, -0.2) is 0 Å². The molecule has 66 valence electrons. The first kappa shape index (κ1) is 9.20. The molecule has 1 unspecified atom stereocenters. The van der Waals surface area contributed by atoms with E-state index in [0.717, 1.165) is 5.57 Å². The van der Waals surface area contributed by atoms with Crippen LogP contribution in [0, 0.1) is 5.41 Å². The van der Waals surface area contributed by atoms with Crippen molar-refractivity contribution in [2.24, 2.45) is 5.41 Å². The molecule has 2 heteroatoms. The molecule has 0 aromatic rings. The minimum atomic E-state index is -0.451. The van der Waals surface area contributed by atoms with Gasteiger partial charge in [0.15, 0.2) is 5.78 Å². The number of methoxy groups -OCH3 is 1. The lowest BCUT2D eigenvalue weighted by Gasteiger charge is -2.25. The fourth-order valence-corrected chi connectivity index (χ4v) is 1.42. The van der Waals surface area contributed by atoms with Crippen LogP contribution in [-0.2, 0) is 9.53 Å². The van der Waals surface area contributed by atoms with Gasteiger partial charge in [0.2, 0.25) is 0 Å². The van der Waals surface area contributed by atoms with Gasteiger partial charge in [0.05, 0.1) is 12.0 Å². The van der Waals surface area contributed by atoms with E-state index >= 15 is 0 Å². The summed E-state index contributed by atoms with van der Waals surface area (Å²) in [5.74, 6) is 0.159. The summed E-state index contributed by atoms with van der Waals surface area (Å²) in [6.07, 6.45) is 5.64. The van der Waals surface area contributed by atoms with Crippen LogP contribution in [0.2, 0.25) is 0 Å². The Morgan fingerprint density at radius 1 is 1.58 bits per heavy atom. The summed E-state index contributed by atoms with van der Waals surface area (Å²) in [4.78, 5) is 11.6. The van der Waals surface area contributed by atoms with Crippen LogP contribution >= 0.6 is 0 Å². The molecule has 1 atom stereocenters. The molecule has 0 N–H and O–H groups in total. The zero-order chi connectivity index (χ0) is 9.19. The Bertz CT molecular complexity index is 251. The second-order valence-corrected chi connectivity index (χ2v) is 3.39. The van der Waals surface area contributed by atoms with Gasteiger partial charge in [0, 0.05) is 7.11 Å². The predicted octanol–water partition coefficient (Wildman–Crippen LogP) is 1.72. The van der Waals surface area contributed by atoms with E-state index in [-0.39, 0.29) is 5.78 Å². The summed E-state index contributed by atoms with van der Waals surface area (Å²) in [6.45, 7) is 4.18. The molecular weight excluding hydrogens is 152 g/mol. The second kappa shape index (κ2) is 3.23. The van der Waals surface area contributed by atoms with Crippen molar-refractivity contribution >= 4 is 5.78 Å². The lowest BCUT2D eigenvalue weighted by Crippen LogP contribution is -2.32. The quantitative estimate of drug-likeness (QED) is 0.624. The van der Waals surface area contributed by atoms with E-state index in [1.165, 1.54) is 0 Å². The van der Waals surface area contributed by atoms with Gasteiger partial charge in [-0.05, 0) is 19.4 Å². The number of hydrogen-bond acceptors (Lipinski definition) is 2. The average Bonchev–Trinajstić information content (AvgIpc) is 2.01. The summed E-state index contributed by atoms with van der Waals surface area (Å²) in [7, 11) is 1.61. The molecule has 0 heterocycles. The first-order valence-electron chi connectivity index (χ1n) is 4.00. The molecule has 0 aromatic heterocycles. The number of ketones is 1. The number of carbonyl (C=O) groups excluding carboxylic acids is 1. The SMILES string of the molecule is COCC1(C)C=CC=C(C)C1=O. The van der Waals surface area contributed by atoms with Crippen molar-refractivity contribution < 1.29 is 9.53 Å². The third-order valence-corrected chi connectivity index (χ3v) is 2.13. The molecule has 0 bridgehead atoms. The van der Waals surface area contributed by atoms with Gasteiger partial charge >= 0.3 is 0 Å². The molecule has 0 spiro atoms. The van der Waals surface area contributed by atoms with Gasteiger partial charge in [0.25, 0.3) is 0 Å². The summed E-state index contributed by atoms with van der Waals surface area (Å²) in [5.41, 5.74) is 0.352. The maximum absolute atomic E-state index is 11.6. The molecule has 0 aliphatic heterocycles. The van der Waals surface area contributed by atoms with Gasteiger partial charge in [-0.2, -0.15) is 0 Å². The van der Waals surface area contributed by atoms with Crippen molar-refractivity contribution in [2.45, 2.75) is 13.8 Å². The van der Waals surface area contributed by atoms with E-state index in [1.54, 1.807) is 7.11 Å². The van der Waals surface area contributed by atoms with Crippen molar-refractivity contribution in [3.8, 4) is 0 Å². The number of hydrogen-bond donors (Lipinski definition) is 0. The predicted molar refractivity (Wildman–Crippen MR) is 47.9 cm³/mol. The van der Waals surface area contributed by atoms with E-state index in [4.69, 9.17) is 4.74 Å². The highest BCUT2D eigenvalue weighted by Crippen LogP contribution is 2.27. The van der Waals surface area contributed by atoms with E-state index in [9.17, 15) is 4.79 Å². The zero-order valence-corrected chi connectivity index (χ0v) is 7.76. The Hall–Kier alpha value is -0.890. The van der Waals surface area contributed by atoms with Crippen LogP contribution in [0.5, 0.6) is 0 Å².